The molecule has 2 heterocycles. The summed E-state index contributed by atoms with van der Waals surface area (Å²) >= 11 is 0. The fourth-order valence-corrected chi connectivity index (χ4v) is 2.64. The molecule has 8 nitrogen and oxygen atoms in total. The van der Waals surface area contributed by atoms with Crippen LogP contribution in [-0.2, 0) is 10.2 Å². The van der Waals surface area contributed by atoms with Gasteiger partial charge < -0.3 is 10.1 Å². The number of nitrogens with two attached hydrogens (primary N) is 1. The predicted octanol–water partition coefficient (Wildman–Crippen LogP) is 2.00. The highest BCUT2D eigenvalue weighted by Crippen LogP contribution is 2.26. The Morgan fingerprint density at radius 3 is 2.42 bits per heavy atom. The monoisotopic (exact) mass is 345 g/mol. The fourth-order valence-electron chi connectivity index (χ4n) is 2.18. The Morgan fingerprint density at radius 1 is 1.04 bits per heavy atom. The molecule has 0 radical (unpaired) electrons. The molecular formula is C15H15N5O3S. The second-order valence-corrected chi connectivity index (χ2v) is 6.23. The lowest BCUT2D eigenvalue weighted by Crippen LogP contribution is -2.21. The first-order valence-electron chi connectivity index (χ1n) is 6.92. The first-order chi connectivity index (χ1) is 11.4. The first-order valence-corrected chi connectivity index (χ1v) is 8.46. The van der Waals surface area contributed by atoms with Crippen molar-refractivity contribution in [2.45, 2.75) is 0 Å². The van der Waals surface area contributed by atoms with E-state index >= 15 is 0 Å². The number of ether oxygens (including phenoxy) is 1. The summed E-state index contributed by atoms with van der Waals surface area (Å²) in [5.41, 5.74) is 2.54. The van der Waals surface area contributed by atoms with Gasteiger partial charge in [-0.15, -0.1) is 0 Å². The van der Waals surface area contributed by atoms with Crippen LogP contribution in [0.15, 0.2) is 48.7 Å². The third-order valence-electron chi connectivity index (χ3n) is 3.21. The molecule has 0 amide bonds. The van der Waals surface area contributed by atoms with Crippen molar-refractivity contribution in [2.24, 2.45) is 5.14 Å². The summed E-state index contributed by atoms with van der Waals surface area (Å²) in [4.78, 5) is 8.51. The van der Waals surface area contributed by atoms with Gasteiger partial charge in [0.05, 0.1) is 12.8 Å². The molecule has 0 atom stereocenters. The third-order valence-corrected chi connectivity index (χ3v) is 3.73. The van der Waals surface area contributed by atoms with E-state index in [2.05, 4.69) is 20.0 Å². The number of rotatable bonds is 5. The summed E-state index contributed by atoms with van der Waals surface area (Å²) in [7, 11) is -2.23. The summed E-state index contributed by atoms with van der Waals surface area (Å²) in [6, 6.07) is 12.1. The van der Waals surface area contributed by atoms with Crippen LogP contribution >= 0.6 is 0 Å². The van der Waals surface area contributed by atoms with Gasteiger partial charge in [0.15, 0.2) is 5.65 Å². The zero-order valence-electron chi connectivity index (χ0n) is 12.7. The molecule has 0 unspecified atom stereocenters. The molecule has 1 aromatic carbocycles. The van der Waals surface area contributed by atoms with Gasteiger partial charge in [0.2, 0.25) is 5.88 Å². The molecule has 0 bridgehead atoms. The molecule has 9 heteroatoms. The van der Waals surface area contributed by atoms with Crippen molar-refractivity contribution in [1.82, 2.24) is 9.97 Å². The minimum absolute atomic E-state index is 0.383. The number of pyridine rings is 2. The number of nitrogens with one attached hydrogen (secondary N) is 2. The second kappa shape index (κ2) is 6.30. The van der Waals surface area contributed by atoms with E-state index < -0.39 is 10.2 Å². The van der Waals surface area contributed by atoms with Crippen LogP contribution in [0.4, 0.5) is 17.1 Å². The van der Waals surface area contributed by atoms with Crippen LogP contribution in [0.5, 0.6) is 5.88 Å². The fraction of sp³-hybridized carbons (Fsp3) is 0.0667. The van der Waals surface area contributed by atoms with Crippen molar-refractivity contribution in [3.63, 3.8) is 0 Å². The maximum absolute atomic E-state index is 11.0. The number of nitrogens with zero attached hydrogens (tertiary/aromatic N) is 2. The average molecular weight is 345 g/mol. The molecule has 3 aromatic rings. The molecule has 0 aliphatic carbocycles. The lowest BCUT2D eigenvalue weighted by Gasteiger charge is -2.10. The Kier molecular flexibility index (Phi) is 4.19. The van der Waals surface area contributed by atoms with Crippen molar-refractivity contribution >= 4 is 38.3 Å². The van der Waals surface area contributed by atoms with Gasteiger partial charge in [-0.1, -0.05) is 0 Å². The number of aromatic nitrogens is 2. The van der Waals surface area contributed by atoms with E-state index in [9.17, 15) is 8.42 Å². The van der Waals surface area contributed by atoms with Crippen molar-refractivity contribution < 1.29 is 13.2 Å². The summed E-state index contributed by atoms with van der Waals surface area (Å²) < 4.78 is 29.3. The van der Waals surface area contributed by atoms with E-state index in [1.165, 1.54) is 0 Å². The van der Waals surface area contributed by atoms with Crippen molar-refractivity contribution in [1.29, 1.82) is 0 Å². The first kappa shape index (κ1) is 16.0. The highest BCUT2D eigenvalue weighted by Gasteiger charge is 2.06. The Morgan fingerprint density at radius 2 is 1.75 bits per heavy atom. The standard InChI is InChI=1S/C15H15N5O3S/c1-23-14-7-6-12-13(8-9-17-15(12)19-14)18-10-2-4-11(5-3-10)20-24(16,21)22/h2-9,20H,1H3,(H2,16,21,22)(H,17,18,19). The predicted molar refractivity (Wildman–Crippen MR) is 92.5 cm³/mol. The molecule has 2 aromatic heterocycles. The Labute approximate surface area is 138 Å². The second-order valence-electron chi connectivity index (χ2n) is 4.93. The van der Waals surface area contributed by atoms with E-state index in [1.807, 2.05) is 12.1 Å². The molecule has 124 valence electrons. The summed E-state index contributed by atoms with van der Waals surface area (Å²) in [6.45, 7) is 0. The molecule has 0 saturated heterocycles. The Hall–Kier alpha value is -2.91. The molecular weight excluding hydrogens is 330 g/mol. The quantitative estimate of drug-likeness (QED) is 0.650. The van der Waals surface area contributed by atoms with E-state index in [0.29, 0.717) is 17.2 Å². The Bertz CT molecular complexity index is 974. The molecule has 24 heavy (non-hydrogen) atoms. The zero-order valence-corrected chi connectivity index (χ0v) is 13.5. The van der Waals surface area contributed by atoms with Crippen LogP contribution in [-0.4, -0.2) is 25.5 Å². The SMILES string of the molecule is COc1ccc2c(Nc3ccc(NS(N)(=O)=O)cc3)ccnc2n1. The minimum Gasteiger partial charge on any atom is -0.481 e. The van der Waals surface area contributed by atoms with E-state index in [-0.39, 0.29) is 0 Å². The van der Waals surface area contributed by atoms with Gasteiger partial charge in [0.25, 0.3) is 10.2 Å². The molecule has 0 aliphatic heterocycles. The van der Waals surface area contributed by atoms with Crippen molar-refractivity contribution in [3.8, 4) is 5.88 Å². The van der Waals surface area contributed by atoms with Gasteiger partial charge in [0.1, 0.15) is 0 Å². The number of benzene rings is 1. The van der Waals surface area contributed by atoms with Crippen LogP contribution < -0.4 is 19.9 Å². The average Bonchev–Trinajstić information content (AvgIpc) is 2.55. The summed E-state index contributed by atoms with van der Waals surface area (Å²) in [6.07, 6.45) is 1.65. The zero-order chi connectivity index (χ0) is 17.2. The molecule has 0 fully saturated rings. The number of anilines is 3. The number of hydrogen-bond acceptors (Lipinski definition) is 6. The maximum Gasteiger partial charge on any atom is 0.296 e. The molecule has 0 aliphatic rings. The normalized spacial score (nSPS) is 11.2. The van der Waals surface area contributed by atoms with Crippen LogP contribution in [0, 0.1) is 0 Å². The topological polar surface area (TPSA) is 119 Å². The van der Waals surface area contributed by atoms with Crippen LogP contribution in [0.3, 0.4) is 0 Å². The van der Waals surface area contributed by atoms with Crippen LogP contribution in [0.2, 0.25) is 0 Å². The van der Waals surface area contributed by atoms with Crippen molar-refractivity contribution in [3.05, 3.63) is 48.7 Å². The van der Waals surface area contributed by atoms with Crippen LogP contribution in [0.25, 0.3) is 11.0 Å². The maximum atomic E-state index is 11.0. The van der Waals surface area contributed by atoms with E-state index in [0.717, 1.165) is 16.8 Å². The van der Waals surface area contributed by atoms with Crippen LogP contribution in [0.1, 0.15) is 0 Å². The highest BCUT2D eigenvalue weighted by molar-refractivity contribution is 7.90. The van der Waals surface area contributed by atoms with Gasteiger partial charge in [0, 0.05) is 29.0 Å². The van der Waals surface area contributed by atoms with Gasteiger partial charge >= 0.3 is 0 Å². The van der Waals surface area contributed by atoms with E-state index in [4.69, 9.17) is 9.88 Å². The largest absolute Gasteiger partial charge is 0.481 e. The molecule has 0 spiro atoms. The molecule has 4 N–H and O–H groups in total. The summed E-state index contributed by atoms with van der Waals surface area (Å²) in [5.74, 6) is 0.491. The molecule has 3 rings (SSSR count). The van der Waals surface area contributed by atoms with Crippen molar-refractivity contribution in [2.75, 3.05) is 17.1 Å². The third kappa shape index (κ3) is 3.70. The summed E-state index contributed by atoms with van der Waals surface area (Å²) in [5, 5.41) is 9.02. The number of fused-ring (bicyclic) bond motifs is 1. The van der Waals surface area contributed by atoms with Gasteiger partial charge in [-0.05, 0) is 36.4 Å². The minimum atomic E-state index is -3.78. The Balaban J connectivity index is 1.87. The van der Waals surface area contributed by atoms with Gasteiger partial charge in [-0.3, -0.25) is 4.72 Å². The lowest BCUT2D eigenvalue weighted by molar-refractivity contribution is 0.399. The van der Waals surface area contributed by atoms with Gasteiger partial charge in [-0.2, -0.15) is 13.4 Å². The number of hydrogen-bond donors (Lipinski definition) is 3. The number of methoxy groups -OCH3 is 1. The molecule has 0 saturated carbocycles. The highest BCUT2D eigenvalue weighted by atomic mass is 32.2. The smallest absolute Gasteiger partial charge is 0.296 e. The lowest BCUT2D eigenvalue weighted by atomic mass is 10.2. The van der Waals surface area contributed by atoms with E-state index in [1.54, 1.807) is 43.6 Å². The van der Waals surface area contributed by atoms with Gasteiger partial charge in [-0.25, -0.2) is 10.1 Å².